The van der Waals surface area contributed by atoms with Gasteiger partial charge in [0.25, 0.3) is 0 Å². The largest absolute Gasteiger partial charge is 0.389 e. The summed E-state index contributed by atoms with van der Waals surface area (Å²) in [4.78, 5) is 27.8. The van der Waals surface area contributed by atoms with E-state index in [-0.39, 0.29) is 18.1 Å². The molecule has 0 bridgehead atoms. The number of carbonyl (C=O) groups excluding carboxylic acids is 2. The van der Waals surface area contributed by atoms with Gasteiger partial charge in [-0.1, -0.05) is 12.2 Å². The van der Waals surface area contributed by atoms with Crippen molar-refractivity contribution in [3.63, 3.8) is 0 Å². The maximum absolute atomic E-state index is 11.0. The number of hydrogen-bond acceptors (Lipinski definition) is 5. The van der Waals surface area contributed by atoms with Gasteiger partial charge in [0.05, 0.1) is 13.1 Å². The Hall–Kier alpha value is -2.22. The van der Waals surface area contributed by atoms with Gasteiger partial charge in [0.1, 0.15) is 10.8 Å². The maximum Gasteiger partial charge on any atom is 0.237 e. The Morgan fingerprint density at radius 2 is 1.74 bits per heavy atom. The average molecular weight is 281 g/mol. The minimum atomic E-state index is -0.596. The van der Waals surface area contributed by atoms with Crippen LogP contribution in [0.5, 0.6) is 0 Å². The van der Waals surface area contributed by atoms with Crippen molar-refractivity contribution < 1.29 is 9.59 Å². The van der Waals surface area contributed by atoms with E-state index < -0.39 is 11.8 Å². The average Bonchev–Trinajstić information content (AvgIpc) is 2.25. The smallest absolute Gasteiger partial charge is 0.237 e. The molecule has 102 valence electrons. The van der Waals surface area contributed by atoms with E-state index in [0.717, 1.165) is 0 Å². The van der Waals surface area contributed by atoms with E-state index in [1.165, 1.54) is 4.90 Å². The molecule has 0 aromatic carbocycles. The maximum atomic E-state index is 11.0. The molecule has 2 amide bonds. The van der Waals surface area contributed by atoms with Gasteiger partial charge in [-0.05, 0) is 19.1 Å². The highest BCUT2D eigenvalue weighted by Crippen LogP contribution is 2.14. The van der Waals surface area contributed by atoms with Crippen LogP contribution in [0.25, 0.3) is 0 Å². The molecule has 1 rings (SSSR count). The first-order chi connectivity index (χ1) is 8.79. The molecular formula is C11H15N5O2S. The van der Waals surface area contributed by atoms with Crippen molar-refractivity contribution >= 4 is 34.8 Å². The van der Waals surface area contributed by atoms with Crippen molar-refractivity contribution in [2.75, 3.05) is 18.0 Å². The Labute approximate surface area is 115 Å². The zero-order valence-electron chi connectivity index (χ0n) is 10.4. The summed E-state index contributed by atoms with van der Waals surface area (Å²) in [5.41, 5.74) is 17.1. The number of aromatic nitrogens is 1. The van der Waals surface area contributed by atoms with Gasteiger partial charge in [0.2, 0.25) is 11.8 Å². The molecule has 0 aliphatic heterocycles. The molecule has 7 nitrogen and oxygen atoms in total. The van der Waals surface area contributed by atoms with Crippen molar-refractivity contribution in [3.8, 4) is 0 Å². The molecule has 8 heteroatoms. The Morgan fingerprint density at radius 3 is 2.16 bits per heavy atom. The molecule has 6 N–H and O–H groups in total. The SMILES string of the molecule is Cc1cc(C(N)=S)cc(N(CC(N)=O)CC(N)=O)n1. The predicted octanol–water partition coefficient (Wildman–Crippen LogP) is -1.20. The van der Waals surface area contributed by atoms with E-state index >= 15 is 0 Å². The molecule has 0 radical (unpaired) electrons. The minimum absolute atomic E-state index is 0.170. The van der Waals surface area contributed by atoms with Crippen LogP contribution >= 0.6 is 12.2 Å². The van der Waals surface area contributed by atoms with Crippen LogP contribution in [0.4, 0.5) is 5.82 Å². The standard InChI is InChI=1S/C11H15N5O2S/c1-6-2-7(11(14)19)3-10(15-6)16(4-8(12)17)5-9(13)18/h2-3H,4-5H2,1H3,(H2,12,17)(H2,13,18)(H2,14,19). The lowest BCUT2D eigenvalue weighted by Gasteiger charge is -2.21. The second-order valence-electron chi connectivity index (χ2n) is 4.01. The van der Waals surface area contributed by atoms with Crippen molar-refractivity contribution in [2.45, 2.75) is 6.92 Å². The first-order valence-corrected chi connectivity index (χ1v) is 5.80. The summed E-state index contributed by atoms with van der Waals surface area (Å²) in [5, 5.41) is 0. The molecule has 0 spiro atoms. The highest BCUT2D eigenvalue weighted by Gasteiger charge is 2.15. The summed E-state index contributed by atoms with van der Waals surface area (Å²) in [6, 6.07) is 3.29. The number of carbonyl (C=O) groups is 2. The number of pyridine rings is 1. The summed E-state index contributed by atoms with van der Waals surface area (Å²) in [5.74, 6) is -0.816. The topological polar surface area (TPSA) is 128 Å². The van der Waals surface area contributed by atoms with E-state index in [4.69, 9.17) is 29.4 Å². The zero-order chi connectivity index (χ0) is 14.6. The normalized spacial score (nSPS) is 9.95. The van der Waals surface area contributed by atoms with Crippen LogP contribution in [0.1, 0.15) is 11.3 Å². The predicted molar refractivity (Wildman–Crippen MR) is 75.5 cm³/mol. The summed E-state index contributed by atoms with van der Waals surface area (Å²) >= 11 is 4.89. The number of nitrogens with two attached hydrogens (primary N) is 3. The number of hydrogen-bond donors (Lipinski definition) is 3. The van der Waals surface area contributed by atoms with Gasteiger partial charge in [0, 0.05) is 11.3 Å². The lowest BCUT2D eigenvalue weighted by molar-refractivity contribution is -0.117. The van der Waals surface area contributed by atoms with Gasteiger partial charge in [-0.15, -0.1) is 0 Å². The van der Waals surface area contributed by atoms with Crippen LogP contribution in [0.3, 0.4) is 0 Å². The molecule has 0 unspecified atom stereocenters. The van der Waals surface area contributed by atoms with E-state index in [1.807, 2.05) is 0 Å². The van der Waals surface area contributed by atoms with Crippen LogP contribution in [0.15, 0.2) is 12.1 Å². The third kappa shape index (κ3) is 4.51. The highest BCUT2D eigenvalue weighted by atomic mass is 32.1. The lowest BCUT2D eigenvalue weighted by atomic mass is 10.2. The molecule has 0 aliphatic rings. The minimum Gasteiger partial charge on any atom is -0.389 e. The van der Waals surface area contributed by atoms with Gasteiger partial charge in [0.15, 0.2) is 0 Å². The van der Waals surface area contributed by atoms with Crippen LogP contribution in [0, 0.1) is 6.92 Å². The summed E-state index contributed by atoms with van der Waals surface area (Å²) in [6.45, 7) is 1.41. The third-order valence-corrected chi connectivity index (χ3v) is 2.48. The second kappa shape index (κ2) is 6.10. The van der Waals surface area contributed by atoms with Gasteiger partial charge in [-0.3, -0.25) is 9.59 Å². The molecular weight excluding hydrogens is 266 g/mol. The fourth-order valence-electron chi connectivity index (χ4n) is 1.55. The molecule has 1 aromatic rings. The molecule has 1 heterocycles. The molecule has 0 saturated heterocycles. The van der Waals surface area contributed by atoms with Crippen LogP contribution in [-0.4, -0.2) is 34.9 Å². The molecule has 1 aromatic heterocycles. The van der Waals surface area contributed by atoms with E-state index in [2.05, 4.69) is 4.98 Å². The second-order valence-corrected chi connectivity index (χ2v) is 4.45. The first kappa shape index (κ1) is 14.8. The van der Waals surface area contributed by atoms with Gasteiger partial charge >= 0.3 is 0 Å². The van der Waals surface area contributed by atoms with E-state index in [0.29, 0.717) is 17.1 Å². The van der Waals surface area contributed by atoms with Crippen LogP contribution < -0.4 is 22.1 Å². The molecule has 0 saturated carbocycles. The van der Waals surface area contributed by atoms with E-state index in [1.54, 1.807) is 19.1 Å². The van der Waals surface area contributed by atoms with Crippen LogP contribution in [0.2, 0.25) is 0 Å². The van der Waals surface area contributed by atoms with Crippen molar-refractivity contribution in [2.24, 2.45) is 17.2 Å². The summed E-state index contributed by atoms with van der Waals surface area (Å²) < 4.78 is 0. The number of amides is 2. The number of aryl methyl sites for hydroxylation is 1. The van der Waals surface area contributed by atoms with Crippen molar-refractivity contribution in [3.05, 3.63) is 23.4 Å². The van der Waals surface area contributed by atoms with E-state index in [9.17, 15) is 9.59 Å². The number of primary amides is 2. The lowest BCUT2D eigenvalue weighted by Crippen LogP contribution is -2.40. The van der Waals surface area contributed by atoms with Gasteiger partial charge < -0.3 is 22.1 Å². The Kier molecular flexibility index (Phi) is 4.76. The van der Waals surface area contributed by atoms with Crippen LogP contribution in [-0.2, 0) is 9.59 Å². The molecule has 0 atom stereocenters. The fourth-order valence-corrected chi connectivity index (χ4v) is 1.67. The monoisotopic (exact) mass is 281 g/mol. The quantitative estimate of drug-likeness (QED) is 0.562. The number of nitrogens with zero attached hydrogens (tertiary/aromatic N) is 2. The number of thiocarbonyl (C=S) groups is 1. The summed E-state index contributed by atoms with van der Waals surface area (Å²) in [7, 11) is 0. The fraction of sp³-hybridized carbons (Fsp3) is 0.273. The zero-order valence-corrected chi connectivity index (χ0v) is 11.2. The Bertz CT molecular complexity index is 516. The summed E-state index contributed by atoms with van der Waals surface area (Å²) in [6.07, 6.45) is 0. The van der Waals surface area contributed by atoms with Gasteiger partial charge in [-0.2, -0.15) is 0 Å². The highest BCUT2D eigenvalue weighted by molar-refractivity contribution is 7.80. The van der Waals surface area contributed by atoms with Crippen molar-refractivity contribution in [1.82, 2.24) is 4.98 Å². The Morgan fingerprint density at radius 1 is 1.21 bits per heavy atom. The van der Waals surface area contributed by atoms with Crippen molar-refractivity contribution in [1.29, 1.82) is 0 Å². The van der Waals surface area contributed by atoms with Gasteiger partial charge in [-0.25, -0.2) is 4.98 Å². The number of anilines is 1. The Balaban J connectivity index is 3.16. The number of rotatable bonds is 6. The molecule has 0 aliphatic carbocycles. The molecule has 19 heavy (non-hydrogen) atoms. The first-order valence-electron chi connectivity index (χ1n) is 5.39. The third-order valence-electron chi connectivity index (χ3n) is 2.24. The molecule has 0 fully saturated rings.